The zero-order valence-electron chi connectivity index (χ0n) is 10.7. The van der Waals surface area contributed by atoms with Crippen molar-refractivity contribution in [2.24, 2.45) is 5.92 Å². The van der Waals surface area contributed by atoms with Crippen LogP contribution >= 0.6 is 23.4 Å². The van der Waals surface area contributed by atoms with E-state index in [4.69, 9.17) is 11.6 Å². The van der Waals surface area contributed by atoms with E-state index in [1.54, 1.807) is 0 Å². The van der Waals surface area contributed by atoms with E-state index in [0.717, 1.165) is 25.3 Å². The van der Waals surface area contributed by atoms with Gasteiger partial charge in [-0.25, -0.2) is 0 Å². The largest absolute Gasteiger partial charge is 0.314 e. The van der Waals surface area contributed by atoms with Crippen molar-refractivity contribution >= 4 is 23.4 Å². The summed E-state index contributed by atoms with van der Waals surface area (Å²) in [5.41, 5.74) is 0. The number of hydrogen-bond acceptors (Lipinski definition) is 2. The van der Waals surface area contributed by atoms with Gasteiger partial charge in [-0.1, -0.05) is 32.0 Å². The highest BCUT2D eigenvalue weighted by Gasteiger charge is 2.06. The van der Waals surface area contributed by atoms with Gasteiger partial charge in [0.25, 0.3) is 0 Å². The maximum absolute atomic E-state index is 6.20. The fourth-order valence-electron chi connectivity index (χ4n) is 1.61. The van der Waals surface area contributed by atoms with Crippen molar-refractivity contribution < 1.29 is 0 Å². The van der Waals surface area contributed by atoms with E-state index in [1.807, 2.05) is 17.8 Å². The van der Waals surface area contributed by atoms with Crippen molar-refractivity contribution in [1.29, 1.82) is 0 Å². The third kappa shape index (κ3) is 7.69. The first kappa shape index (κ1) is 14.9. The highest BCUT2D eigenvalue weighted by Crippen LogP contribution is 2.15. The molecule has 1 atom stereocenters. The van der Waals surface area contributed by atoms with Crippen LogP contribution in [0.4, 0.5) is 0 Å². The minimum atomic E-state index is 0.261. The second-order valence-electron chi connectivity index (χ2n) is 4.59. The van der Waals surface area contributed by atoms with Gasteiger partial charge in [-0.3, -0.25) is 0 Å². The molecule has 0 aliphatic heterocycles. The molecule has 1 rings (SSSR count). The number of halogens is 1. The summed E-state index contributed by atoms with van der Waals surface area (Å²) < 4.78 is 0. The predicted octanol–water partition coefficient (Wildman–Crippen LogP) is 4.02. The predicted molar refractivity (Wildman–Crippen MR) is 79.1 cm³/mol. The molecule has 0 saturated heterocycles. The van der Waals surface area contributed by atoms with Crippen LogP contribution in [0.25, 0.3) is 0 Å². The average molecular weight is 272 g/mol. The monoisotopic (exact) mass is 271 g/mol. The maximum Gasteiger partial charge on any atom is 0.0463 e. The highest BCUT2D eigenvalue weighted by atomic mass is 35.5. The fraction of sp³-hybridized carbons (Fsp3) is 0.571. The molecular weight excluding hydrogens is 250 g/mol. The van der Waals surface area contributed by atoms with E-state index in [1.165, 1.54) is 4.90 Å². The maximum atomic E-state index is 6.20. The lowest BCUT2D eigenvalue weighted by atomic mass is 10.1. The van der Waals surface area contributed by atoms with Gasteiger partial charge >= 0.3 is 0 Å². The molecule has 0 bridgehead atoms. The summed E-state index contributed by atoms with van der Waals surface area (Å²) in [5, 5.41) is 3.67. The van der Waals surface area contributed by atoms with Crippen LogP contribution in [0, 0.1) is 5.92 Å². The van der Waals surface area contributed by atoms with Gasteiger partial charge in [-0.15, -0.1) is 23.4 Å². The molecule has 1 aromatic rings. The second-order valence-corrected chi connectivity index (χ2v) is 6.38. The third-order valence-corrected chi connectivity index (χ3v) is 3.73. The topological polar surface area (TPSA) is 12.0 Å². The second kappa shape index (κ2) is 8.84. The minimum absolute atomic E-state index is 0.261. The van der Waals surface area contributed by atoms with Gasteiger partial charge in [0.1, 0.15) is 0 Å². The molecule has 96 valence electrons. The molecule has 0 radical (unpaired) electrons. The molecule has 0 saturated carbocycles. The number of hydrogen-bond donors (Lipinski definition) is 1. The van der Waals surface area contributed by atoms with Gasteiger partial charge in [-0.05, 0) is 24.5 Å². The van der Waals surface area contributed by atoms with Crippen LogP contribution in [0.15, 0.2) is 35.2 Å². The van der Waals surface area contributed by atoms with Crippen molar-refractivity contribution in [2.45, 2.75) is 30.5 Å². The van der Waals surface area contributed by atoms with Crippen LogP contribution in [-0.4, -0.2) is 24.2 Å². The molecular formula is C14H22ClNS. The van der Waals surface area contributed by atoms with Crippen LogP contribution in [0.2, 0.25) is 0 Å². The minimum Gasteiger partial charge on any atom is -0.314 e. The Hall–Kier alpha value is -0.180. The number of thioether (sulfide) groups is 1. The highest BCUT2D eigenvalue weighted by molar-refractivity contribution is 7.99. The standard InChI is InChI=1S/C14H22ClNS/c1-12(2)10-13(15)11-16-8-9-17-14-6-4-3-5-7-14/h3-7,12-13,16H,8-11H2,1-2H3. The van der Waals surface area contributed by atoms with Gasteiger partial charge < -0.3 is 5.32 Å². The van der Waals surface area contributed by atoms with Crippen molar-refractivity contribution in [2.75, 3.05) is 18.8 Å². The number of benzene rings is 1. The first-order valence-corrected chi connectivity index (χ1v) is 7.63. The van der Waals surface area contributed by atoms with E-state index in [9.17, 15) is 0 Å². The van der Waals surface area contributed by atoms with Crippen molar-refractivity contribution in [3.8, 4) is 0 Å². The Labute approximate surface area is 114 Å². The quantitative estimate of drug-likeness (QED) is 0.435. The van der Waals surface area contributed by atoms with Crippen molar-refractivity contribution in [3.63, 3.8) is 0 Å². The van der Waals surface area contributed by atoms with E-state index in [2.05, 4.69) is 43.4 Å². The first-order valence-electron chi connectivity index (χ1n) is 6.21. The molecule has 0 aliphatic carbocycles. The van der Waals surface area contributed by atoms with Gasteiger partial charge in [0.15, 0.2) is 0 Å². The number of alkyl halides is 1. The summed E-state index contributed by atoms with van der Waals surface area (Å²) in [6.45, 7) is 6.34. The smallest absolute Gasteiger partial charge is 0.0463 e. The Bertz CT molecular complexity index is 290. The number of rotatable bonds is 8. The van der Waals surface area contributed by atoms with Gasteiger partial charge in [0.2, 0.25) is 0 Å². The molecule has 3 heteroatoms. The van der Waals surface area contributed by atoms with E-state index >= 15 is 0 Å². The Kier molecular flexibility index (Phi) is 7.74. The molecule has 0 aromatic heterocycles. The zero-order valence-corrected chi connectivity index (χ0v) is 12.2. The molecule has 0 fully saturated rings. The Morgan fingerprint density at radius 1 is 1.24 bits per heavy atom. The summed E-state index contributed by atoms with van der Waals surface area (Å²) in [7, 11) is 0. The molecule has 0 heterocycles. The summed E-state index contributed by atoms with van der Waals surface area (Å²) in [6, 6.07) is 10.5. The summed E-state index contributed by atoms with van der Waals surface area (Å²) in [6.07, 6.45) is 1.08. The van der Waals surface area contributed by atoms with Crippen LogP contribution in [0.3, 0.4) is 0 Å². The molecule has 0 spiro atoms. The van der Waals surface area contributed by atoms with Crippen LogP contribution < -0.4 is 5.32 Å². The normalized spacial score (nSPS) is 12.9. The van der Waals surface area contributed by atoms with E-state index in [0.29, 0.717) is 5.92 Å². The van der Waals surface area contributed by atoms with E-state index < -0.39 is 0 Å². The third-order valence-electron chi connectivity index (χ3n) is 2.38. The molecule has 0 amide bonds. The SMILES string of the molecule is CC(C)CC(Cl)CNCCSc1ccccc1. The lowest BCUT2D eigenvalue weighted by Gasteiger charge is -2.12. The summed E-state index contributed by atoms with van der Waals surface area (Å²) >= 11 is 8.08. The number of nitrogens with one attached hydrogen (secondary N) is 1. The van der Waals surface area contributed by atoms with Gasteiger partial charge in [0, 0.05) is 29.1 Å². The van der Waals surface area contributed by atoms with E-state index in [-0.39, 0.29) is 5.38 Å². The average Bonchev–Trinajstić information content (AvgIpc) is 2.29. The van der Waals surface area contributed by atoms with Gasteiger partial charge in [-0.2, -0.15) is 0 Å². The molecule has 1 nitrogen and oxygen atoms in total. The first-order chi connectivity index (χ1) is 8.18. The summed E-state index contributed by atoms with van der Waals surface area (Å²) in [4.78, 5) is 1.33. The zero-order chi connectivity index (χ0) is 12.5. The van der Waals surface area contributed by atoms with Gasteiger partial charge in [0.05, 0.1) is 0 Å². The molecule has 17 heavy (non-hydrogen) atoms. The van der Waals surface area contributed by atoms with Crippen LogP contribution in [-0.2, 0) is 0 Å². The molecule has 1 unspecified atom stereocenters. The molecule has 0 aliphatic rings. The van der Waals surface area contributed by atoms with Crippen LogP contribution in [0.1, 0.15) is 20.3 Å². The van der Waals surface area contributed by atoms with Crippen molar-refractivity contribution in [1.82, 2.24) is 5.32 Å². The molecule has 1 N–H and O–H groups in total. The Balaban J connectivity index is 2.01. The molecule has 1 aromatic carbocycles. The lowest BCUT2D eigenvalue weighted by Crippen LogP contribution is -2.26. The van der Waals surface area contributed by atoms with Crippen LogP contribution in [0.5, 0.6) is 0 Å². The Morgan fingerprint density at radius 2 is 1.94 bits per heavy atom. The fourth-order valence-corrected chi connectivity index (χ4v) is 2.91. The summed E-state index contributed by atoms with van der Waals surface area (Å²) in [5.74, 6) is 1.77. The lowest BCUT2D eigenvalue weighted by molar-refractivity contribution is 0.540. The Morgan fingerprint density at radius 3 is 2.59 bits per heavy atom. The van der Waals surface area contributed by atoms with Crippen molar-refractivity contribution in [3.05, 3.63) is 30.3 Å².